The van der Waals surface area contributed by atoms with Crippen molar-refractivity contribution >= 4 is 35.2 Å². The Balaban J connectivity index is 4.98. The maximum atomic E-state index is 6.22. The van der Waals surface area contributed by atoms with E-state index in [1.807, 2.05) is 37.6 Å². The monoisotopic (exact) mass is 328 g/mol. The molecule has 0 amide bonds. The molecule has 0 saturated carbocycles. The smallest absolute Gasteiger partial charge is 0.342 e. The molecule has 2 atom stereocenters. The van der Waals surface area contributed by atoms with Gasteiger partial charge in [-0.2, -0.15) is 0 Å². The number of hydrogen-bond acceptors (Lipinski definition) is 3. The van der Waals surface area contributed by atoms with Gasteiger partial charge in [0.25, 0.3) is 0 Å². The molecule has 3 nitrogen and oxygen atoms in total. The predicted octanol–water partition coefficient (Wildman–Crippen LogP) is 3.32. The van der Waals surface area contributed by atoms with Crippen LogP contribution >= 0.6 is 0 Å². The van der Waals surface area contributed by atoms with Crippen LogP contribution in [0.2, 0.25) is 26.2 Å². The van der Waals surface area contributed by atoms with Gasteiger partial charge in [-0.25, -0.2) is 0 Å². The third-order valence-electron chi connectivity index (χ3n) is 2.45. The zero-order chi connectivity index (χ0) is 15.1. The van der Waals surface area contributed by atoms with Crippen LogP contribution < -0.4 is 0 Å². The second-order valence-electron chi connectivity index (χ2n) is 4.38. The summed E-state index contributed by atoms with van der Waals surface area (Å²) in [6, 6.07) is 0. The van der Waals surface area contributed by atoms with Crippen molar-refractivity contribution in [1.29, 1.82) is 0 Å². The fourth-order valence-electron chi connectivity index (χ4n) is 1.33. The Morgan fingerprint density at radius 2 is 1.11 bits per heavy atom. The van der Waals surface area contributed by atoms with Gasteiger partial charge in [-0.05, 0) is 26.2 Å². The fourth-order valence-corrected chi connectivity index (χ4v) is 12.8. The van der Waals surface area contributed by atoms with Crippen molar-refractivity contribution in [2.75, 3.05) is 0 Å². The summed E-state index contributed by atoms with van der Waals surface area (Å²) in [7, 11) is -7.04. The van der Waals surface area contributed by atoms with E-state index in [4.69, 9.17) is 12.3 Å². The van der Waals surface area contributed by atoms with Crippen LogP contribution in [0.25, 0.3) is 0 Å². The highest BCUT2D eigenvalue weighted by Gasteiger charge is 2.41. The largest absolute Gasteiger partial charge is 0.430 e. The zero-order valence-corrected chi connectivity index (χ0v) is 16.4. The van der Waals surface area contributed by atoms with Crippen molar-refractivity contribution in [3.63, 3.8) is 0 Å². The molecule has 0 aliphatic heterocycles. The number of rotatable bonds is 10. The predicted molar refractivity (Wildman–Crippen MR) is 90.5 cm³/mol. The first-order valence-corrected chi connectivity index (χ1v) is 14.8. The molecule has 2 unspecified atom stereocenters. The molecule has 0 aliphatic rings. The average molecular weight is 329 g/mol. The molecule has 0 fully saturated rings. The topological polar surface area (TPSA) is 27.7 Å². The van der Waals surface area contributed by atoms with Gasteiger partial charge in [-0.3, -0.25) is 0 Å². The highest BCUT2D eigenvalue weighted by atomic mass is 28.5. The SMILES string of the molecule is C=C[Si](C)O[Si](C)(C=C)O[Si](C)(C=C)O[Si](C)C=C. The lowest BCUT2D eigenvalue weighted by atomic mass is 11.3. The Hall–Kier alpha value is -0.292. The Morgan fingerprint density at radius 3 is 1.32 bits per heavy atom. The van der Waals surface area contributed by atoms with Crippen molar-refractivity contribution in [3.05, 3.63) is 49.1 Å². The van der Waals surface area contributed by atoms with E-state index < -0.39 is 35.2 Å². The maximum Gasteiger partial charge on any atom is 0.342 e. The minimum Gasteiger partial charge on any atom is -0.430 e. The van der Waals surface area contributed by atoms with Gasteiger partial charge in [0, 0.05) is 0 Å². The van der Waals surface area contributed by atoms with Gasteiger partial charge in [-0.15, -0.1) is 26.3 Å². The third-order valence-corrected chi connectivity index (χ3v) is 14.1. The summed E-state index contributed by atoms with van der Waals surface area (Å²) in [5.41, 5.74) is 7.27. The summed E-state index contributed by atoms with van der Waals surface area (Å²) in [6.45, 7) is 23.2. The molecule has 0 spiro atoms. The third kappa shape index (κ3) is 6.61. The van der Waals surface area contributed by atoms with Crippen LogP contribution in [-0.4, -0.2) is 35.2 Å². The molecule has 0 rings (SSSR count). The van der Waals surface area contributed by atoms with E-state index in [-0.39, 0.29) is 0 Å². The van der Waals surface area contributed by atoms with Crippen molar-refractivity contribution in [2.45, 2.75) is 26.2 Å². The van der Waals surface area contributed by atoms with Crippen LogP contribution in [0.5, 0.6) is 0 Å². The van der Waals surface area contributed by atoms with Gasteiger partial charge < -0.3 is 12.3 Å². The summed E-state index contributed by atoms with van der Waals surface area (Å²) in [4.78, 5) is 0. The summed E-state index contributed by atoms with van der Waals surface area (Å²) in [6.07, 6.45) is 0. The number of hydrogen-bond donors (Lipinski definition) is 0. The second kappa shape index (κ2) is 8.10. The maximum absolute atomic E-state index is 6.22. The Morgan fingerprint density at radius 1 is 0.789 bits per heavy atom. The molecule has 7 heteroatoms. The van der Waals surface area contributed by atoms with E-state index in [1.54, 1.807) is 11.4 Å². The Bertz CT molecular complexity index is 318. The first-order chi connectivity index (χ1) is 8.74. The molecule has 0 heterocycles. The summed E-state index contributed by atoms with van der Waals surface area (Å²) >= 11 is 0. The van der Waals surface area contributed by atoms with Gasteiger partial charge in [0.2, 0.25) is 18.1 Å². The van der Waals surface area contributed by atoms with E-state index in [1.165, 1.54) is 0 Å². The molecule has 2 radical (unpaired) electrons. The van der Waals surface area contributed by atoms with Crippen molar-refractivity contribution in [2.24, 2.45) is 0 Å². The highest BCUT2D eigenvalue weighted by molar-refractivity contribution is 6.90. The second-order valence-corrected chi connectivity index (χ2v) is 15.0. The lowest BCUT2D eigenvalue weighted by molar-refractivity contribution is 0.352. The quantitative estimate of drug-likeness (QED) is 0.576. The molecular formula is C12H24O3Si4. The van der Waals surface area contributed by atoms with E-state index in [2.05, 4.69) is 26.3 Å². The van der Waals surface area contributed by atoms with Gasteiger partial charge >= 0.3 is 17.1 Å². The minimum atomic E-state index is -2.46. The van der Waals surface area contributed by atoms with E-state index in [0.29, 0.717) is 0 Å². The molecule has 0 N–H and O–H groups in total. The normalized spacial score (nSPS) is 17.6. The molecule has 106 valence electrons. The van der Waals surface area contributed by atoms with Crippen molar-refractivity contribution < 1.29 is 12.3 Å². The molecule has 0 aromatic rings. The lowest BCUT2D eigenvalue weighted by Crippen LogP contribution is -2.53. The fraction of sp³-hybridized carbons (Fsp3) is 0.333. The van der Waals surface area contributed by atoms with Crippen molar-refractivity contribution in [1.82, 2.24) is 0 Å². The van der Waals surface area contributed by atoms with Gasteiger partial charge in [-0.1, -0.05) is 22.8 Å². The van der Waals surface area contributed by atoms with Gasteiger partial charge in [0.1, 0.15) is 0 Å². The van der Waals surface area contributed by atoms with E-state index in [0.717, 1.165) is 0 Å². The lowest BCUT2D eigenvalue weighted by Gasteiger charge is -2.35. The molecule has 0 aromatic heterocycles. The Kier molecular flexibility index (Phi) is 7.97. The molecule has 0 bridgehead atoms. The van der Waals surface area contributed by atoms with Crippen LogP contribution in [0.3, 0.4) is 0 Å². The van der Waals surface area contributed by atoms with E-state index in [9.17, 15) is 0 Å². The summed E-state index contributed by atoms with van der Waals surface area (Å²) < 4.78 is 18.3. The minimum absolute atomic E-state index is 1.06. The van der Waals surface area contributed by atoms with Crippen LogP contribution in [0.1, 0.15) is 0 Å². The van der Waals surface area contributed by atoms with E-state index >= 15 is 0 Å². The average Bonchev–Trinajstić information content (AvgIpc) is 2.37. The zero-order valence-electron chi connectivity index (χ0n) is 12.4. The summed E-state index contributed by atoms with van der Waals surface area (Å²) in [5, 5.41) is 0. The van der Waals surface area contributed by atoms with Crippen LogP contribution in [0.4, 0.5) is 0 Å². The van der Waals surface area contributed by atoms with Crippen LogP contribution in [0, 0.1) is 0 Å². The molecule has 0 aliphatic carbocycles. The first kappa shape index (κ1) is 18.7. The van der Waals surface area contributed by atoms with Crippen molar-refractivity contribution in [3.8, 4) is 0 Å². The molecular weight excluding hydrogens is 304 g/mol. The molecule has 0 saturated heterocycles. The summed E-state index contributed by atoms with van der Waals surface area (Å²) in [5.74, 6) is 0. The van der Waals surface area contributed by atoms with Crippen LogP contribution in [0.15, 0.2) is 49.1 Å². The highest BCUT2D eigenvalue weighted by Crippen LogP contribution is 2.20. The first-order valence-electron chi connectivity index (χ1n) is 6.01. The molecule has 19 heavy (non-hydrogen) atoms. The van der Waals surface area contributed by atoms with Gasteiger partial charge in [0.05, 0.1) is 0 Å². The Labute approximate surface area is 123 Å². The van der Waals surface area contributed by atoms with Gasteiger partial charge in [0.15, 0.2) is 0 Å². The molecule has 0 aromatic carbocycles. The van der Waals surface area contributed by atoms with Crippen LogP contribution in [-0.2, 0) is 12.3 Å². The standard InChI is InChI=1S/C12H24O3Si4/c1-9-16(5)13-18(7,11-3)15-19(8,12-4)14-17(6)10-2/h9-12H,1-4H2,5-8H3.